The van der Waals surface area contributed by atoms with Crippen LogP contribution in [0.4, 0.5) is 5.82 Å². The standard InChI is InChI=1S/C15H16ClN3O3/c1-19-7-6-13(18-19)17-14(20)5-4-10-8-11(16)15(22-3)12(9-10)21-2/h4-9H,1-3H3,(H,17,18,20)/b5-4+. The normalized spacial score (nSPS) is 10.7. The van der Waals surface area contributed by atoms with Crippen LogP contribution < -0.4 is 14.8 Å². The van der Waals surface area contributed by atoms with Gasteiger partial charge in [-0.05, 0) is 23.8 Å². The summed E-state index contributed by atoms with van der Waals surface area (Å²) in [4.78, 5) is 11.8. The Bertz CT molecular complexity index is 710. The van der Waals surface area contributed by atoms with Crippen LogP contribution in [0.25, 0.3) is 6.08 Å². The summed E-state index contributed by atoms with van der Waals surface area (Å²) < 4.78 is 12.0. The summed E-state index contributed by atoms with van der Waals surface area (Å²) >= 11 is 6.11. The van der Waals surface area contributed by atoms with E-state index in [4.69, 9.17) is 21.1 Å². The van der Waals surface area contributed by atoms with Crippen LogP contribution in [0.5, 0.6) is 11.5 Å². The van der Waals surface area contributed by atoms with E-state index in [0.717, 1.165) is 5.56 Å². The van der Waals surface area contributed by atoms with E-state index in [0.29, 0.717) is 22.3 Å². The minimum Gasteiger partial charge on any atom is -0.493 e. The van der Waals surface area contributed by atoms with E-state index in [1.807, 2.05) is 0 Å². The minimum atomic E-state index is -0.287. The largest absolute Gasteiger partial charge is 0.493 e. The SMILES string of the molecule is COc1cc(/C=C/C(=O)Nc2ccn(C)n2)cc(Cl)c1OC. The molecule has 0 saturated heterocycles. The van der Waals surface area contributed by atoms with Crippen LogP contribution in [-0.2, 0) is 11.8 Å². The molecule has 0 unspecified atom stereocenters. The Balaban J connectivity index is 2.12. The summed E-state index contributed by atoms with van der Waals surface area (Å²) in [5.74, 6) is 1.16. The van der Waals surface area contributed by atoms with Gasteiger partial charge >= 0.3 is 0 Å². The van der Waals surface area contributed by atoms with Crippen molar-refractivity contribution in [1.29, 1.82) is 0 Å². The van der Waals surface area contributed by atoms with Crippen molar-refractivity contribution >= 4 is 29.4 Å². The summed E-state index contributed by atoms with van der Waals surface area (Å²) in [7, 11) is 4.81. The molecule has 1 heterocycles. The van der Waals surface area contributed by atoms with E-state index in [-0.39, 0.29) is 5.91 Å². The molecule has 0 fully saturated rings. The summed E-state index contributed by atoms with van der Waals surface area (Å²) in [5, 5.41) is 7.12. The number of carbonyl (C=O) groups excluding carboxylic acids is 1. The molecule has 6 nitrogen and oxygen atoms in total. The third-order valence-electron chi connectivity index (χ3n) is 2.85. The van der Waals surface area contributed by atoms with Gasteiger partial charge < -0.3 is 14.8 Å². The Kier molecular flexibility index (Phi) is 5.06. The fourth-order valence-corrected chi connectivity index (χ4v) is 2.15. The molecule has 0 radical (unpaired) electrons. The lowest BCUT2D eigenvalue weighted by Gasteiger charge is -2.10. The molecule has 116 valence electrons. The number of aryl methyl sites for hydroxylation is 1. The minimum absolute atomic E-state index is 0.287. The van der Waals surface area contributed by atoms with Gasteiger partial charge in [-0.1, -0.05) is 11.6 Å². The summed E-state index contributed by atoms with van der Waals surface area (Å²) in [6.45, 7) is 0. The van der Waals surface area contributed by atoms with Crippen molar-refractivity contribution in [2.45, 2.75) is 0 Å². The third-order valence-corrected chi connectivity index (χ3v) is 3.13. The van der Waals surface area contributed by atoms with Crippen molar-refractivity contribution in [2.24, 2.45) is 7.05 Å². The number of methoxy groups -OCH3 is 2. The molecule has 0 aliphatic rings. The van der Waals surface area contributed by atoms with Crippen LogP contribution in [-0.4, -0.2) is 29.9 Å². The van der Waals surface area contributed by atoms with Gasteiger partial charge in [-0.15, -0.1) is 0 Å². The number of benzene rings is 1. The van der Waals surface area contributed by atoms with Gasteiger partial charge in [-0.25, -0.2) is 0 Å². The van der Waals surface area contributed by atoms with E-state index in [9.17, 15) is 4.79 Å². The number of rotatable bonds is 5. The number of nitrogens with zero attached hydrogens (tertiary/aromatic N) is 2. The van der Waals surface area contributed by atoms with Crippen LogP contribution in [0.2, 0.25) is 5.02 Å². The number of halogens is 1. The zero-order valence-electron chi connectivity index (χ0n) is 12.5. The molecule has 0 atom stereocenters. The molecule has 7 heteroatoms. The molecule has 1 aromatic carbocycles. The Labute approximate surface area is 133 Å². The lowest BCUT2D eigenvalue weighted by Crippen LogP contribution is -2.08. The number of hydrogen-bond donors (Lipinski definition) is 1. The molecule has 22 heavy (non-hydrogen) atoms. The van der Waals surface area contributed by atoms with Gasteiger partial charge in [0.2, 0.25) is 5.91 Å². The topological polar surface area (TPSA) is 65.4 Å². The van der Waals surface area contributed by atoms with E-state index in [1.165, 1.54) is 20.3 Å². The summed E-state index contributed by atoms with van der Waals surface area (Å²) in [6, 6.07) is 5.13. The van der Waals surface area contributed by atoms with Crippen LogP contribution in [0, 0.1) is 0 Å². The molecule has 1 aromatic heterocycles. The number of nitrogens with one attached hydrogen (secondary N) is 1. The van der Waals surface area contributed by atoms with Crippen molar-refractivity contribution in [3.63, 3.8) is 0 Å². The second-order valence-corrected chi connectivity index (χ2v) is 4.84. The third kappa shape index (κ3) is 3.79. The highest BCUT2D eigenvalue weighted by Crippen LogP contribution is 2.36. The fraction of sp³-hybridized carbons (Fsp3) is 0.200. The lowest BCUT2D eigenvalue weighted by atomic mass is 10.2. The highest BCUT2D eigenvalue weighted by atomic mass is 35.5. The number of amides is 1. The number of anilines is 1. The van der Waals surface area contributed by atoms with E-state index in [1.54, 1.807) is 42.2 Å². The average Bonchev–Trinajstić information content (AvgIpc) is 2.89. The number of hydrogen-bond acceptors (Lipinski definition) is 4. The van der Waals surface area contributed by atoms with Crippen LogP contribution >= 0.6 is 11.6 Å². The number of ether oxygens (including phenoxy) is 2. The molecular weight excluding hydrogens is 306 g/mol. The fourth-order valence-electron chi connectivity index (χ4n) is 1.86. The molecule has 0 saturated carbocycles. The predicted octanol–water partition coefficient (Wildman–Crippen LogP) is 2.74. The van der Waals surface area contributed by atoms with Gasteiger partial charge in [0, 0.05) is 25.4 Å². The van der Waals surface area contributed by atoms with Gasteiger partial charge in [0.05, 0.1) is 19.2 Å². The Morgan fingerprint density at radius 3 is 2.73 bits per heavy atom. The number of aromatic nitrogens is 2. The van der Waals surface area contributed by atoms with Gasteiger partial charge in [0.1, 0.15) is 0 Å². The van der Waals surface area contributed by atoms with Crippen LogP contribution in [0.15, 0.2) is 30.5 Å². The molecule has 1 N–H and O–H groups in total. The zero-order chi connectivity index (χ0) is 16.1. The Morgan fingerprint density at radius 2 is 2.14 bits per heavy atom. The van der Waals surface area contributed by atoms with Gasteiger partial charge in [-0.3, -0.25) is 9.48 Å². The van der Waals surface area contributed by atoms with E-state index in [2.05, 4.69) is 10.4 Å². The maximum Gasteiger partial charge on any atom is 0.249 e. The van der Waals surface area contributed by atoms with Crippen LogP contribution in [0.1, 0.15) is 5.56 Å². The van der Waals surface area contributed by atoms with Gasteiger partial charge in [0.15, 0.2) is 17.3 Å². The molecule has 0 aliphatic carbocycles. The quantitative estimate of drug-likeness (QED) is 0.860. The predicted molar refractivity (Wildman–Crippen MR) is 85.4 cm³/mol. The molecule has 0 aliphatic heterocycles. The number of carbonyl (C=O) groups is 1. The summed E-state index contributed by atoms with van der Waals surface area (Å²) in [5.41, 5.74) is 0.721. The monoisotopic (exact) mass is 321 g/mol. The molecule has 2 aromatic rings. The van der Waals surface area contributed by atoms with Crippen molar-refractivity contribution in [1.82, 2.24) is 9.78 Å². The zero-order valence-corrected chi connectivity index (χ0v) is 13.2. The smallest absolute Gasteiger partial charge is 0.249 e. The van der Waals surface area contributed by atoms with Gasteiger partial charge in [-0.2, -0.15) is 5.10 Å². The Hall–Kier alpha value is -2.47. The highest BCUT2D eigenvalue weighted by molar-refractivity contribution is 6.32. The van der Waals surface area contributed by atoms with Crippen molar-refractivity contribution in [2.75, 3.05) is 19.5 Å². The highest BCUT2D eigenvalue weighted by Gasteiger charge is 2.10. The second-order valence-electron chi connectivity index (χ2n) is 4.44. The van der Waals surface area contributed by atoms with E-state index < -0.39 is 0 Å². The molecule has 2 rings (SSSR count). The molecule has 0 spiro atoms. The van der Waals surface area contributed by atoms with Crippen molar-refractivity contribution in [3.8, 4) is 11.5 Å². The first-order chi connectivity index (χ1) is 10.5. The average molecular weight is 322 g/mol. The first-order valence-corrected chi connectivity index (χ1v) is 6.81. The maximum absolute atomic E-state index is 11.8. The second kappa shape index (κ2) is 7.00. The van der Waals surface area contributed by atoms with Crippen molar-refractivity contribution in [3.05, 3.63) is 41.1 Å². The van der Waals surface area contributed by atoms with Crippen molar-refractivity contribution < 1.29 is 14.3 Å². The summed E-state index contributed by atoms with van der Waals surface area (Å²) in [6.07, 6.45) is 4.77. The first-order valence-electron chi connectivity index (χ1n) is 6.43. The first kappa shape index (κ1) is 15.9. The Morgan fingerprint density at radius 1 is 1.36 bits per heavy atom. The maximum atomic E-state index is 11.8. The lowest BCUT2D eigenvalue weighted by molar-refractivity contribution is -0.111. The van der Waals surface area contributed by atoms with Gasteiger partial charge in [0.25, 0.3) is 0 Å². The van der Waals surface area contributed by atoms with Crippen LogP contribution in [0.3, 0.4) is 0 Å². The molecule has 1 amide bonds. The van der Waals surface area contributed by atoms with E-state index >= 15 is 0 Å². The molecular formula is C15H16ClN3O3. The molecule has 0 bridgehead atoms.